The topological polar surface area (TPSA) is 32.3 Å². The lowest BCUT2D eigenvalue weighted by molar-refractivity contribution is 0.474. The third-order valence-corrected chi connectivity index (χ3v) is 4.20. The molecule has 0 spiro atoms. The number of rotatable bonds is 2. The van der Waals surface area contributed by atoms with Gasteiger partial charge in [-0.05, 0) is 68.0 Å². The molecule has 0 bridgehead atoms. The van der Waals surface area contributed by atoms with E-state index in [0.29, 0.717) is 11.8 Å². The first-order chi connectivity index (χ1) is 9.54. The SMILES string of the molecule is Cc1cc(C)c(NC2CCc3cc(O)ccc32)c(C)c1. The van der Waals surface area contributed by atoms with Crippen LogP contribution in [0.1, 0.15) is 40.3 Å². The summed E-state index contributed by atoms with van der Waals surface area (Å²) in [4.78, 5) is 0. The average molecular weight is 267 g/mol. The van der Waals surface area contributed by atoms with Crippen molar-refractivity contribution in [1.29, 1.82) is 0 Å². The van der Waals surface area contributed by atoms with Crippen LogP contribution in [0, 0.1) is 20.8 Å². The van der Waals surface area contributed by atoms with Gasteiger partial charge in [-0.3, -0.25) is 0 Å². The van der Waals surface area contributed by atoms with Crippen LogP contribution in [0.5, 0.6) is 5.75 Å². The van der Waals surface area contributed by atoms with E-state index in [1.807, 2.05) is 12.1 Å². The molecular formula is C18H21NO. The Labute approximate surface area is 120 Å². The maximum Gasteiger partial charge on any atom is 0.115 e. The van der Waals surface area contributed by atoms with Crippen molar-refractivity contribution in [2.45, 2.75) is 39.7 Å². The zero-order chi connectivity index (χ0) is 14.3. The molecule has 20 heavy (non-hydrogen) atoms. The van der Waals surface area contributed by atoms with Gasteiger partial charge < -0.3 is 10.4 Å². The first-order valence-electron chi connectivity index (χ1n) is 7.21. The van der Waals surface area contributed by atoms with Crippen LogP contribution < -0.4 is 5.32 Å². The van der Waals surface area contributed by atoms with Crippen LogP contribution in [0.15, 0.2) is 30.3 Å². The highest BCUT2D eigenvalue weighted by atomic mass is 16.3. The van der Waals surface area contributed by atoms with Gasteiger partial charge in [-0.1, -0.05) is 23.8 Å². The van der Waals surface area contributed by atoms with Gasteiger partial charge in [0, 0.05) is 5.69 Å². The monoisotopic (exact) mass is 267 g/mol. The van der Waals surface area contributed by atoms with Crippen molar-refractivity contribution < 1.29 is 5.11 Å². The summed E-state index contributed by atoms with van der Waals surface area (Å²) in [6, 6.07) is 10.5. The summed E-state index contributed by atoms with van der Waals surface area (Å²) in [6.07, 6.45) is 2.12. The van der Waals surface area contributed by atoms with Crippen LogP contribution in [0.4, 0.5) is 5.69 Å². The van der Waals surface area contributed by atoms with E-state index < -0.39 is 0 Å². The number of aryl methyl sites for hydroxylation is 4. The molecule has 3 rings (SSSR count). The highest BCUT2D eigenvalue weighted by Gasteiger charge is 2.23. The van der Waals surface area contributed by atoms with E-state index in [0.717, 1.165) is 12.8 Å². The second-order valence-corrected chi connectivity index (χ2v) is 5.89. The Morgan fingerprint density at radius 2 is 1.75 bits per heavy atom. The number of phenols is 1. The Kier molecular flexibility index (Phi) is 3.17. The van der Waals surface area contributed by atoms with E-state index in [4.69, 9.17) is 0 Å². The molecule has 0 amide bonds. The zero-order valence-electron chi connectivity index (χ0n) is 12.3. The van der Waals surface area contributed by atoms with Gasteiger partial charge in [0.25, 0.3) is 0 Å². The second kappa shape index (κ2) is 4.86. The summed E-state index contributed by atoms with van der Waals surface area (Å²) in [5.74, 6) is 0.368. The molecule has 2 heteroatoms. The van der Waals surface area contributed by atoms with E-state index in [-0.39, 0.29) is 0 Å². The fourth-order valence-electron chi connectivity index (χ4n) is 3.34. The number of fused-ring (bicyclic) bond motifs is 1. The molecule has 1 aliphatic rings. The van der Waals surface area contributed by atoms with Crippen LogP contribution in [0.3, 0.4) is 0 Å². The Balaban J connectivity index is 1.91. The van der Waals surface area contributed by atoms with Crippen molar-refractivity contribution in [3.05, 3.63) is 58.1 Å². The minimum Gasteiger partial charge on any atom is -0.508 e. The lowest BCUT2D eigenvalue weighted by Crippen LogP contribution is -2.09. The minimum atomic E-state index is 0.353. The number of phenolic OH excluding ortho intramolecular Hbond substituents is 1. The van der Waals surface area contributed by atoms with E-state index in [1.54, 1.807) is 6.07 Å². The molecule has 1 unspecified atom stereocenters. The fraction of sp³-hybridized carbons (Fsp3) is 0.333. The largest absolute Gasteiger partial charge is 0.508 e. The zero-order valence-corrected chi connectivity index (χ0v) is 12.3. The average Bonchev–Trinajstić information content (AvgIpc) is 2.76. The van der Waals surface area contributed by atoms with Crippen LogP contribution in [-0.4, -0.2) is 5.11 Å². The van der Waals surface area contributed by atoms with E-state index in [2.05, 4.69) is 38.2 Å². The number of hydrogen-bond acceptors (Lipinski definition) is 2. The molecule has 0 aliphatic heterocycles. The van der Waals surface area contributed by atoms with Crippen LogP contribution >= 0.6 is 0 Å². The number of benzene rings is 2. The van der Waals surface area contributed by atoms with Crippen molar-refractivity contribution in [2.24, 2.45) is 0 Å². The molecule has 2 N–H and O–H groups in total. The molecule has 0 saturated carbocycles. The molecule has 0 saturated heterocycles. The molecular weight excluding hydrogens is 246 g/mol. The minimum absolute atomic E-state index is 0.353. The lowest BCUT2D eigenvalue weighted by Gasteiger charge is -2.20. The molecule has 0 fully saturated rings. The maximum absolute atomic E-state index is 9.57. The van der Waals surface area contributed by atoms with Crippen molar-refractivity contribution >= 4 is 5.69 Å². The number of aromatic hydroxyl groups is 1. The molecule has 0 heterocycles. The Bertz CT molecular complexity index is 637. The predicted molar refractivity (Wildman–Crippen MR) is 83.4 cm³/mol. The standard InChI is InChI=1S/C18H21NO/c1-11-8-12(2)18(13(3)9-11)19-17-7-4-14-10-15(20)5-6-16(14)17/h5-6,8-10,17,19-20H,4,7H2,1-3H3. The van der Waals surface area contributed by atoms with Gasteiger partial charge in [0.05, 0.1) is 6.04 Å². The van der Waals surface area contributed by atoms with Crippen LogP contribution in [0.25, 0.3) is 0 Å². The molecule has 0 radical (unpaired) electrons. The highest BCUT2D eigenvalue weighted by Crippen LogP contribution is 2.37. The number of hydrogen-bond donors (Lipinski definition) is 2. The van der Waals surface area contributed by atoms with Gasteiger partial charge in [0.1, 0.15) is 5.75 Å². The quantitative estimate of drug-likeness (QED) is 0.844. The predicted octanol–water partition coefficient (Wildman–Crippen LogP) is 4.42. The van der Waals surface area contributed by atoms with Gasteiger partial charge in [0.15, 0.2) is 0 Å². The van der Waals surface area contributed by atoms with E-state index in [1.165, 1.54) is 33.5 Å². The molecule has 2 aromatic rings. The van der Waals surface area contributed by atoms with Gasteiger partial charge >= 0.3 is 0 Å². The molecule has 1 atom stereocenters. The summed E-state index contributed by atoms with van der Waals surface area (Å²) in [5.41, 5.74) is 7.75. The molecule has 0 aromatic heterocycles. The van der Waals surface area contributed by atoms with Gasteiger partial charge in [-0.25, -0.2) is 0 Å². The third kappa shape index (κ3) is 2.26. The first kappa shape index (κ1) is 13.0. The Morgan fingerprint density at radius 3 is 2.45 bits per heavy atom. The fourth-order valence-corrected chi connectivity index (χ4v) is 3.34. The Hall–Kier alpha value is -1.96. The number of anilines is 1. The molecule has 104 valence electrons. The second-order valence-electron chi connectivity index (χ2n) is 5.89. The van der Waals surface area contributed by atoms with Crippen LogP contribution in [0.2, 0.25) is 0 Å². The first-order valence-corrected chi connectivity index (χ1v) is 7.21. The van der Waals surface area contributed by atoms with Gasteiger partial charge in [0.2, 0.25) is 0 Å². The van der Waals surface area contributed by atoms with Gasteiger partial charge in [-0.2, -0.15) is 0 Å². The van der Waals surface area contributed by atoms with Crippen LogP contribution in [-0.2, 0) is 6.42 Å². The van der Waals surface area contributed by atoms with Gasteiger partial charge in [-0.15, -0.1) is 0 Å². The van der Waals surface area contributed by atoms with Crippen molar-refractivity contribution in [3.63, 3.8) is 0 Å². The summed E-state index contributed by atoms with van der Waals surface area (Å²) in [5, 5.41) is 13.3. The highest BCUT2D eigenvalue weighted by molar-refractivity contribution is 5.60. The summed E-state index contributed by atoms with van der Waals surface area (Å²) in [7, 11) is 0. The maximum atomic E-state index is 9.57. The summed E-state index contributed by atoms with van der Waals surface area (Å²) < 4.78 is 0. The number of nitrogens with one attached hydrogen (secondary N) is 1. The molecule has 1 aliphatic carbocycles. The van der Waals surface area contributed by atoms with E-state index in [9.17, 15) is 5.11 Å². The van der Waals surface area contributed by atoms with Crippen molar-refractivity contribution in [3.8, 4) is 5.75 Å². The summed E-state index contributed by atoms with van der Waals surface area (Å²) >= 11 is 0. The van der Waals surface area contributed by atoms with E-state index >= 15 is 0 Å². The molecule has 2 nitrogen and oxygen atoms in total. The lowest BCUT2D eigenvalue weighted by atomic mass is 10.0. The third-order valence-electron chi connectivity index (χ3n) is 4.20. The normalized spacial score (nSPS) is 17.1. The Morgan fingerprint density at radius 1 is 1.05 bits per heavy atom. The summed E-state index contributed by atoms with van der Waals surface area (Å²) in [6.45, 7) is 6.46. The van der Waals surface area contributed by atoms with Crippen molar-refractivity contribution in [2.75, 3.05) is 5.32 Å². The van der Waals surface area contributed by atoms with Crippen molar-refractivity contribution in [1.82, 2.24) is 0 Å². The smallest absolute Gasteiger partial charge is 0.115 e. The molecule has 2 aromatic carbocycles.